The third kappa shape index (κ3) is 5.49. The van der Waals surface area contributed by atoms with Crippen molar-refractivity contribution in [2.24, 2.45) is 5.92 Å². The second-order valence-corrected chi connectivity index (χ2v) is 19.6. The topological polar surface area (TPSA) is 120 Å². The number of pyridine rings is 1. The van der Waals surface area contributed by atoms with Crippen LogP contribution in [0.5, 0.6) is 0 Å². The Labute approximate surface area is 257 Å². The number of amides is 2. The van der Waals surface area contributed by atoms with Gasteiger partial charge in [0.2, 0.25) is 0 Å². The largest absolute Gasteiger partial charge is 0.465 e. The fraction of sp³-hybridized carbons (Fsp3) is 0.517. The van der Waals surface area contributed by atoms with Gasteiger partial charge in [0.25, 0.3) is 0 Å². The van der Waals surface area contributed by atoms with Gasteiger partial charge in [-0.05, 0) is 65.7 Å². The van der Waals surface area contributed by atoms with Crippen molar-refractivity contribution in [1.82, 2.24) is 19.8 Å². The van der Waals surface area contributed by atoms with Crippen LogP contribution in [0.4, 0.5) is 14.0 Å². The number of aromatic nitrogens is 2. The van der Waals surface area contributed by atoms with Gasteiger partial charge in [-0.25, -0.2) is 19.0 Å². The Kier molecular flexibility index (Phi) is 8.53. The maximum atomic E-state index is 15.9. The number of carbonyl (C=O) groups is 2. The maximum Gasteiger partial charge on any atom is 0.407 e. The summed E-state index contributed by atoms with van der Waals surface area (Å²) >= 11 is 4.79. The first-order valence-electron chi connectivity index (χ1n) is 14.1. The zero-order chi connectivity index (χ0) is 30.5. The molecule has 42 heavy (non-hydrogen) atoms. The number of nitrogens with one attached hydrogen (secondary N) is 1. The molecule has 6 rings (SSSR count). The van der Waals surface area contributed by atoms with E-state index in [9.17, 15) is 20.0 Å². The molecule has 224 valence electrons. The van der Waals surface area contributed by atoms with Crippen LogP contribution in [-0.2, 0) is 11.2 Å². The molecule has 4 heterocycles. The molecular weight excluding hydrogens is 641 g/mol. The van der Waals surface area contributed by atoms with E-state index in [2.05, 4.69) is 51.5 Å². The Bertz CT molecular complexity index is 1620. The van der Waals surface area contributed by atoms with Crippen LogP contribution in [0.1, 0.15) is 43.1 Å². The number of nitriles is 1. The molecule has 0 unspecified atom stereocenters. The number of carboxylic acid groups (broad SMARTS) is 1. The minimum atomic E-state index is -1.38. The van der Waals surface area contributed by atoms with Crippen LogP contribution < -0.4 is 5.32 Å². The van der Waals surface area contributed by atoms with Crippen LogP contribution in [0.25, 0.3) is 21.8 Å². The lowest BCUT2D eigenvalue weighted by Gasteiger charge is -2.39. The van der Waals surface area contributed by atoms with Gasteiger partial charge in [0, 0.05) is 43.4 Å². The Hall–Kier alpha value is -2.82. The van der Waals surface area contributed by atoms with Crippen LogP contribution in [0.2, 0.25) is 25.7 Å². The predicted molar refractivity (Wildman–Crippen MR) is 167 cm³/mol. The average molecular weight is 677 g/mol. The van der Waals surface area contributed by atoms with Gasteiger partial charge in [0.05, 0.1) is 40.8 Å². The molecule has 3 aliphatic rings. The van der Waals surface area contributed by atoms with Gasteiger partial charge in [0.1, 0.15) is 10.5 Å². The van der Waals surface area contributed by atoms with E-state index in [0.29, 0.717) is 40.0 Å². The van der Waals surface area contributed by atoms with Crippen LogP contribution in [0, 0.1) is 23.1 Å². The molecule has 1 aliphatic carbocycles. The van der Waals surface area contributed by atoms with E-state index in [1.165, 1.54) is 16.7 Å². The number of alkyl carbamates (subject to hydrolysis) is 1. The SMILES string of the molecule is CSc1nc2c(F)c(Br)c(CCC#N)cc2c2c1cc([C@@H](C)NC(=O)OCC[Si](C)(C)C)n2[C@H]1[C@@H]2C[C@H]1N(C(=O)O)C2. The molecule has 2 saturated heterocycles. The second-order valence-electron chi connectivity index (χ2n) is 12.3. The predicted octanol–water partition coefficient (Wildman–Crippen LogP) is 7.32. The van der Waals surface area contributed by atoms with Crippen molar-refractivity contribution >= 4 is 69.8 Å². The van der Waals surface area contributed by atoms with Crippen molar-refractivity contribution in [2.45, 2.75) is 75.0 Å². The summed E-state index contributed by atoms with van der Waals surface area (Å²) in [6, 6.07) is 5.99. The highest BCUT2D eigenvalue weighted by atomic mass is 79.9. The zero-order valence-electron chi connectivity index (χ0n) is 24.3. The number of nitrogens with zero attached hydrogens (tertiary/aromatic N) is 4. The molecule has 1 aromatic carbocycles. The summed E-state index contributed by atoms with van der Waals surface area (Å²) in [6.07, 6.45) is 1.77. The number of thioether (sulfide) groups is 1. The maximum absolute atomic E-state index is 15.9. The van der Waals surface area contributed by atoms with E-state index in [0.717, 1.165) is 29.1 Å². The molecule has 2 N–H and O–H groups in total. The van der Waals surface area contributed by atoms with E-state index in [4.69, 9.17) is 9.72 Å². The smallest absolute Gasteiger partial charge is 0.407 e. The molecular formula is C29H35BrFN5O4SSi. The van der Waals surface area contributed by atoms with Gasteiger partial charge in [-0.1, -0.05) is 19.6 Å². The highest BCUT2D eigenvalue weighted by Gasteiger charge is 2.55. The summed E-state index contributed by atoms with van der Waals surface area (Å²) in [7, 11) is -1.38. The van der Waals surface area contributed by atoms with Crippen LogP contribution in [0.15, 0.2) is 21.6 Å². The summed E-state index contributed by atoms with van der Waals surface area (Å²) in [4.78, 5) is 31.1. The minimum absolute atomic E-state index is 0.0932. The Morgan fingerprint density at radius 1 is 1.36 bits per heavy atom. The van der Waals surface area contributed by atoms with Gasteiger partial charge in [0.15, 0.2) is 5.82 Å². The first-order valence-corrected chi connectivity index (χ1v) is 19.8. The van der Waals surface area contributed by atoms with Crippen molar-refractivity contribution in [3.8, 4) is 6.07 Å². The number of hydrogen-bond donors (Lipinski definition) is 2. The van der Waals surface area contributed by atoms with Crippen LogP contribution in [-0.4, -0.2) is 65.3 Å². The van der Waals surface area contributed by atoms with Crippen LogP contribution >= 0.6 is 27.7 Å². The number of rotatable bonds is 9. The van der Waals surface area contributed by atoms with E-state index in [-0.39, 0.29) is 29.9 Å². The van der Waals surface area contributed by atoms with Crippen molar-refractivity contribution in [2.75, 3.05) is 19.4 Å². The standard InChI is InChI=1S/C29H35BrFN5O4SSi/c1-15(33-28(37)40-9-10-42(3,4)5)20-13-19-26(36(20)25-17-12-21(25)35(14-17)29(38)39)18-11-16(7-6-8-32)22(30)23(31)24(18)34-27(19)41-2/h11,13,15,17,21,25H,6-7,9-10,12,14H2,1-5H3,(H,33,37)(H,38,39)/t15-,17-,21-,25+/m1/s1. The molecule has 13 heteroatoms. The number of aryl methyl sites for hydroxylation is 1. The summed E-state index contributed by atoms with van der Waals surface area (Å²) in [5.74, 6) is -0.400. The van der Waals surface area contributed by atoms with Gasteiger partial charge in [-0.2, -0.15) is 5.26 Å². The molecule has 3 aromatic rings. The van der Waals surface area contributed by atoms with E-state index < -0.39 is 32.1 Å². The average Bonchev–Trinajstić information content (AvgIpc) is 3.62. The molecule has 2 aliphatic heterocycles. The second kappa shape index (κ2) is 11.7. The summed E-state index contributed by atoms with van der Waals surface area (Å²) < 4.78 is 23.8. The lowest BCUT2D eigenvalue weighted by atomic mass is 9.79. The molecule has 9 nitrogen and oxygen atoms in total. The lowest BCUT2D eigenvalue weighted by molar-refractivity contribution is 0.123. The van der Waals surface area contributed by atoms with Gasteiger partial charge in [-0.3, -0.25) is 0 Å². The number of benzene rings is 1. The number of hydrogen-bond acceptors (Lipinski definition) is 6. The van der Waals surface area contributed by atoms with Gasteiger partial charge < -0.3 is 24.6 Å². The fourth-order valence-electron chi connectivity index (χ4n) is 6.22. The quantitative estimate of drug-likeness (QED) is 0.180. The summed E-state index contributed by atoms with van der Waals surface area (Å²) in [5.41, 5.74) is 2.41. The molecule has 2 amide bonds. The fourth-order valence-corrected chi connectivity index (χ4v) is 7.99. The number of fused-ring (bicyclic) bond motifs is 4. The Morgan fingerprint density at radius 3 is 2.71 bits per heavy atom. The number of carbonyl (C=O) groups excluding carboxylic acids is 1. The monoisotopic (exact) mass is 675 g/mol. The first-order chi connectivity index (χ1) is 19.9. The molecule has 4 atom stereocenters. The third-order valence-electron chi connectivity index (χ3n) is 8.38. The Balaban J connectivity index is 1.67. The molecule has 3 fully saturated rings. The Morgan fingerprint density at radius 2 is 2.10 bits per heavy atom. The number of ether oxygens (including phenoxy) is 1. The van der Waals surface area contributed by atoms with Crippen molar-refractivity contribution in [1.29, 1.82) is 5.26 Å². The first kappa shape index (κ1) is 30.6. The number of halogens is 2. The molecule has 2 aromatic heterocycles. The normalized spacial score (nSPS) is 20.4. The molecule has 1 saturated carbocycles. The summed E-state index contributed by atoms with van der Waals surface area (Å²) in [6.45, 7) is 9.31. The minimum Gasteiger partial charge on any atom is -0.465 e. The van der Waals surface area contributed by atoms with Crippen molar-refractivity contribution in [3.05, 3.63) is 33.7 Å². The lowest BCUT2D eigenvalue weighted by Crippen LogP contribution is -2.43. The molecule has 0 radical (unpaired) electrons. The van der Waals surface area contributed by atoms with E-state index in [1.807, 2.05) is 25.3 Å². The molecule has 2 bridgehead atoms. The molecule has 0 spiro atoms. The van der Waals surface area contributed by atoms with E-state index >= 15 is 4.39 Å². The van der Waals surface area contributed by atoms with Crippen molar-refractivity contribution < 1.29 is 23.8 Å². The highest BCUT2D eigenvalue weighted by molar-refractivity contribution is 9.10. The zero-order valence-corrected chi connectivity index (χ0v) is 27.7. The third-order valence-corrected chi connectivity index (χ3v) is 11.6. The highest BCUT2D eigenvalue weighted by Crippen LogP contribution is 2.53. The van der Waals surface area contributed by atoms with Crippen LogP contribution in [0.3, 0.4) is 0 Å². The van der Waals surface area contributed by atoms with Gasteiger partial charge in [-0.15, -0.1) is 11.8 Å². The van der Waals surface area contributed by atoms with Gasteiger partial charge >= 0.3 is 12.2 Å². The summed E-state index contributed by atoms with van der Waals surface area (Å²) in [5, 5.41) is 24.1. The van der Waals surface area contributed by atoms with Crippen molar-refractivity contribution in [3.63, 3.8) is 0 Å². The van der Waals surface area contributed by atoms with E-state index in [1.54, 1.807) is 0 Å².